The van der Waals surface area contributed by atoms with E-state index >= 15 is 0 Å². The van der Waals surface area contributed by atoms with Gasteiger partial charge in [0.05, 0.1) is 5.92 Å². The van der Waals surface area contributed by atoms with Gasteiger partial charge in [-0.1, -0.05) is 37.3 Å². The summed E-state index contributed by atoms with van der Waals surface area (Å²) in [5.41, 5.74) is 0.901. The molecule has 1 fully saturated rings. The summed E-state index contributed by atoms with van der Waals surface area (Å²) < 4.78 is 0. The molecule has 1 aliphatic rings. The molecular formula is C15H20N2O3. The molecule has 0 aromatic heterocycles. The monoisotopic (exact) mass is 276 g/mol. The molecule has 0 spiro atoms. The van der Waals surface area contributed by atoms with Crippen molar-refractivity contribution < 1.29 is 14.7 Å². The molecule has 0 bridgehead atoms. The predicted octanol–water partition coefficient (Wildman–Crippen LogP) is 0.654. The quantitative estimate of drug-likeness (QED) is 0.738. The van der Waals surface area contributed by atoms with Crippen molar-refractivity contribution in [2.75, 3.05) is 13.1 Å². The van der Waals surface area contributed by atoms with E-state index in [-0.39, 0.29) is 17.7 Å². The lowest BCUT2D eigenvalue weighted by Gasteiger charge is -2.19. The Morgan fingerprint density at radius 3 is 2.60 bits per heavy atom. The first-order valence-electron chi connectivity index (χ1n) is 6.85. The van der Waals surface area contributed by atoms with E-state index in [2.05, 4.69) is 10.6 Å². The SMILES string of the molecule is CC1CNCC1C(=O)N[C@H](Cc1ccccc1)C(=O)O. The van der Waals surface area contributed by atoms with Gasteiger partial charge in [-0.3, -0.25) is 4.79 Å². The van der Waals surface area contributed by atoms with Crippen molar-refractivity contribution in [2.45, 2.75) is 19.4 Å². The van der Waals surface area contributed by atoms with E-state index in [9.17, 15) is 14.7 Å². The highest BCUT2D eigenvalue weighted by atomic mass is 16.4. The van der Waals surface area contributed by atoms with E-state index in [0.717, 1.165) is 12.1 Å². The average molecular weight is 276 g/mol. The molecule has 1 aliphatic heterocycles. The summed E-state index contributed by atoms with van der Waals surface area (Å²) in [4.78, 5) is 23.5. The molecule has 1 aromatic carbocycles. The fraction of sp³-hybridized carbons (Fsp3) is 0.467. The van der Waals surface area contributed by atoms with Gasteiger partial charge in [0.2, 0.25) is 5.91 Å². The van der Waals surface area contributed by atoms with E-state index in [0.29, 0.717) is 13.0 Å². The summed E-state index contributed by atoms with van der Waals surface area (Å²) in [5.74, 6) is -1.08. The van der Waals surface area contributed by atoms with Gasteiger partial charge in [0.1, 0.15) is 6.04 Å². The molecule has 0 saturated carbocycles. The van der Waals surface area contributed by atoms with Crippen LogP contribution in [-0.2, 0) is 16.0 Å². The van der Waals surface area contributed by atoms with Gasteiger partial charge in [-0.05, 0) is 18.0 Å². The molecule has 2 rings (SSSR count). The second-order valence-electron chi connectivity index (χ2n) is 5.33. The minimum Gasteiger partial charge on any atom is -0.480 e. The first-order chi connectivity index (χ1) is 9.58. The third kappa shape index (κ3) is 3.57. The van der Waals surface area contributed by atoms with Gasteiger partial charge >= 0.3 is 5.97 Å². The summed E-state index contributed by atoms with van der Waals surface area (Å²) >= 11 is 0. The van der Waals surface area contributed by atoms with Crippen LogP contribution in [-0.4, -0.2) is 36.1 Å². The maximum atomic E-state index is 12.1. The molecule has 0 aliphatic carbocycles. The minimum absolute atomic E-state index is 0.146. The largest absolute Gasteiger partial charge is 0.480 e. The van der Waals surface area contributed by atoms with Crippen LogP contribution in [0.15, 0.2) is 30.3 Å². The molecule has 0 radical (unpaired) electrons. The van der Waals surface area contributed by atoms with E-state index in [1.54, 1.807) is 0 Å². The van der Waals surface area contributed by atoms with Crippen LogP contribution in [0, 0.1) is 11.8 Å². The van der Waals surface area contributed by atoms with Crippen LogP contribution in [0.5, 0.6) is 0 Å². The van der Waals surface area contributed by atoms with Crippen molar-refractivity contribution in [1.29, 1.82) is 0 Å². The zero-order chi connectivity index (χ0) is 14.5. The van der Waals surface area contributed by atoms with Crippen LogP contribution in [0.3, 0.4) is 0 Å². The fourth-order valence-corrected chi connectivity index (χ4v) is 2.49. The highest BCUT2D eigenvalue weighted by Crippen LogP contribution is 2.16. The Labute approximate surface area is 118 Å². The molecule has 5 nitrogen and oxygen atoms in total. The van der Waals surface area contributed by atoms with Crippen LogP contribution in [0.1, 0.15) is 12.5 Å². The van der Waals surface area contributed by atoms with Gasteiger partial charge in [-0.25, -0.2) is 4.79 Å². The molecule has 3 atom stereocenters. The van der Waals surface area contributed by atoms with Crippen molar-refractivity contribution >= 4 is 11.9 Å². The number of benzene rings is 1. The molecule has 20 heavy (non-hydrogen) atoms. The number of carboxylic acids is 1. The summed E-state index contributed by atoms with van der Waals surface area (Å²) in [6.07, 6.45) is 0.302. The van der Waals surface area contributed by atoms with Crippen molar-refractivity contribution in [3.05, 3.63) is 35.9 Å². The maximum absolute atomic E-state index is 12.1. The molecule has 108 valence electrons. The van der Waals surface area contributed by atoms with E-state index < -0.39 is 12.0 Å². The third-order valence-electron chi connectivity index (χ3n) is 3.75. The van der Waals surface area contributed by atoms with Gasteiger partial charge < -0.3 is 15.7 Å². The lowest BCUT2D eigenvalue weighted by Crippen LogP contribution is -2.46. The predicted molar refractivity (Wildman–Crippen MR) is 75.2 cm³/mol. The van der Waals surface area contributed by atoms with Gasteiger partial charge in [0, 0.05) is 13.0 Å². The summed E-state index contributed by atoms with van der Waals surface area (Å²) in [5, 5.41) is 15.1. The number of carbonyl (C=O) groups is 2. The van der Waals surface area contributed by atoms with Gasteiger partial charge in [-0.2, -0.15) is 0 Å². The topological polar surface area (TPSA) is 78.4 Å². The summed E-state index contributed by atoms with van der Waals surface area (Å²) in [6.45, 7) is 3.41. The lowest BCUT2D eigenvalue weighted by molar-refractivity contribution is -0.142. The minimum atomic E-state index is -0.999. The highest BCUT2D eigenvalue weighted by molar-refractivity contribution is 5.85. The second kappa shape index (κ2) is 6.52. The Morgan fingerprint density at radius 1 is 1.35 bits per heavy atom. The van der Waals surface area contributed by atoms with Crippen LogP contribution in [0.2, 0.25) is 0 Å². The van der Waals surface area contributed by atoms with Gasteiger partial charge in [0.25, 0.3) is 0 Å². The first-order valence-corrected chi connectivity index (χ1v) is 6.85. The number of aliphatic carboxylic acids is 1. The van der Waals surface area contributed by atoms with E-state index in [1.807, 2.05) is 37.3 Å². The number of hydrogen-bond acceptors (Lipinski definition) is 3. The van der Waals surface area contributed by atoms with Crippen LogP contribution in [0.25, 0.3) is 0 Å². The van der Waals surface area contributed by atoms with Gasteiger partial charge in [0.15, 0.2) is 0 Å². The lowest BCUT2D eigenvalue weighted by atomic mass is 9.96. The molecular weight excluding hydrogens is 256 g/mol. The second-order valence-corrected chi connectivity index (χ2v) is 5.33. The van der Waals surface area contributed by atoms with E-state index in [1.165, 1.54) is 0 Å². The molecule has 3 N–H and O–H groups in total. The Balaban J connectivity index is 1.99. The number of hydrogen-bond donors (Lipinski definition) is 3. The Bertz CT molecular complexity index is 475. The first kappa shape index (κ1) is 14.5. The van der Waals surface area contributed by atoms with Gasteiger partial charge in [-0.15, -0.1) is 0 Å². The standard InChI is InChI=1S/C15H20N2O3/c1-10-8-16-9-12(10)14(18)17-13(15(19)20)7-11-5-3-2-4-6-11/h2-6,10,12-13,16H,7-9H2,1H3,(H,17,18)(H,19,20)/t10?,12?,13-/m1/s1. The Kier molecular flexibility index (Phi) is 4.74. The van der Waals surface area contributed by atoms with Crippen LogP contribution in [0.4, 0.5) is 0 Å². The Morgan fingerprint density at radius 2 is 2.05 bits per heavy atom. The van der Waals surface area contributed by atoms with Crippen LogP contribution >= 0.6 is 0 Å². The third-order valence-corrected chi connectivity index (χ3v) is 3.75. The fourth-order valence-electron chi connectivity index (χ4n) is 2.49. The van der Waals surface area contributed by atoms with E-state index in [4.69, 9.17) is 0 Å². The van der Waals surface area contributed by atoms with Crippen molar-refractivity contribution in [3.63, 3.8) is 0 Å². The maximum Gasteiger partial charge on any atom is 0.326 e. The summed E-state index contributed by atoms with van der Waals surface area (Å²) in [7, 11) is 0. The van der Waals surface area contributed by atoms with Crippen molar-refractivity contribution in [2.24, 2.45) is 11.8 Å². The smallest absolute Gasteiger partial charge is 0.326 e. The average Bonchev–Trinajstić information content (AvgIpc) is 2.85. The number of rotatable bonds is 5. The zero-order valence-corrected chi connectivity index (χ0v) is 11.5. The van der Waals surface area contributed by atoms with Crippen molar-refractivity contribution in [1.82, 2.24) is 10.6 Å². The van der Waals surface area contributed by atoms with Crippen molar-refractivity contribution in [3.8, 4) is 0 Å². The highest BCUT2D eigenvalue weighted by Gasteiger charge is 2.32. The number of carbonyl (C=O) groups excluding carboxylic acids is 1. The molecule has 5 heteroatoms. The molecule has 1 saturated heterocycles. The molecule has 1 amide bonds. The van der Waals surface area contributed by atoms with Crippen LogP contribution < -0.4 is 10.6 Å². The molecule has 1 aromatic rings. The molecule has 2 unspecified atom stereocenters. The summed E-state index contributed by atoms with van der Waals surface area (Å²) in [6, 6.07) is 8.45. The number of nitrogens with one attached hydrogen (secondary N) is 2. The normalized spacial score (nSPS) is 23.2. The number of carboxylic acid groups (broad SMARTS) is 1. The molecule has 1 heterocycles. The Hall–Kier alpha value is -1.88. The zero-order valence-electron chi connectivity index (χ0n) is 11.5. The number of amides is 1.